The second kappa shape index (κ2) is 9.26. The van der Waals surface area contributed by atoms with Crippen molar-refractivity contribution >= 4 is 11.8 Å². The van der Waals surface area contributed by atoms with Crippen LogP contribution in [-0.4, -0.2) is 42.5 Å². The Labute approximate surface area is 191 Å². The lowest BCUT2D eigenvalue weighted by atomic mass is 10.1. The SMILES string of the molecule is Cc1cccc(C)c1-n1nnnc1CSc1ncc(-c2ccccc2)n1CC1CCCO1. The number of rotatable bonds is 7. The molecule has 1 atom stereocenters. The molecule has 0 spiro atoms. The zero-order chi connectivity index (χ0) is 21.9. The van der Waals surface area contributed by atoms with E-state index in [4.69, 9.17) is 9.72 Å². The molecule has 0 aliphatic carbocycles. The number of para-hydroxylation sites is 1. The summed E-state index contributed by atoms with van der Waals surface area (Å²) in [6.07, 6.45) is 4.39. The second-order valence-corrected chi connectivity index (χ2v) is 9.02. The summed E-state index contributed by atoms with van der Waals surface area (Å²) in [5, 5.41) is 13.5. The fraction of sp³-hybridized carbons (Fsp3) is 0.333. The molecule has 2 aromatic heterocycles. The Kier molecular flexibility index (Phi) is 6.05. The van der Waals surface area contributed by atoms with Crippen LogP contribution in [0, 0.1) is 13.8 Å². The molecule has 2 aromatic carbocycles. The third kappa shape index (κ3) is 4.20. The highest BCUT2D eigenvalue weighted by atomic mass is 32.2. The van der Waals surface area contributed by atoms with E-state index in [9.17, 15) is 0 Å². The fourth-order valence-corrected chi connectivity index (χ4v) is 5.11. The van der Waals surface area contributed by atoms with Gasteiger partial charge in [-0.15, -0.1) is 5.10 Å². The molecule has 4 aromatic rings. The van der Waals surface area contributed by atoms with Crippen molar-refractivity contribution in [1.29, 1.82) is 0 Å². The van der Waals surface area contributed by atoms with Gasteiger partial charge in [0.05, 0.1) is 36.0 Å². The molecule has 1 fully saturated rings. The van der Waals surface area contributed by atoms with Crippen LogP contribution in [0.4, 0.5) is 0 Å². The van der Waals surface area contributed by atoms with Crippen LogP contribution in [0.5, 0.6) is 0 Å². The maximum absolute atomic E-state index is 5.93. The first-order valence-electron chi connectivity index (χ1n) is 10.9. The zero-order valence-corrected chi connectivity index (χ0v) is 19.1. The molecule has 0 saturated carbocycles. The summed E-state index contributed by atoms with van der Waals surface area (Å²) in [7, 11) is 0. The van der Waals surface area contributed by atoms with Crippen molar-refractivity contribution in [3.05, 3.63) is 71.7 Å². The summed E-state index contributed by atoms with van der Waals surface area (Å²) in [6.45, 7) is 5.81. The van der Waals surface area contributed by atoms with Gasteiger partial charge >= 0.3 is 0 Å². The first-order valence-corrected chi connectivity index (χ1v) is 11.9. The minimum Gasteiger partial charge on any atom is -0.376 e. The highest BCUT2D eigenvalue weighted by Crippen LogP contribution is 2.30. The largest absolute Gasteiger partial charge is 0.376 e. The van der Waals surface area contributed by atoms with E-state index in [0.717, 1.165) is 65.0 Å². The summed E-state index contributed by atoms with van der Waals surface area (Å²) in [4.78, 5) is 4.76. The second-order valence-electron chi connectivity index (χ2n) is 8.07. The van der Waals surface area contributed by atoms with Gasteiger partial charge in [-0.05, 0) is 53.8 Å². The molecule has 1 saturated heterocycles. The predicted molar refractivity (Wildman–Crippen MR) is 125 cm³/mol. The van der Waals surface area contributed by atoms with E-state index in [1.54, 1.807) is 11.8 Å². The van der Waals surface area contributed by atoms with Gasteiger partial charge in [0.15, 0.2) is 11.0 Å². The molecule has 0 radical (unpaired) electrons. The molecule has 1 aliphatic rings. The molecule has 164 valence electrons. The molecular weight excluding hydrogens is 420 g/mol. The van der Waals surface area contributed by atoms with Crippen molar-refractivity contribution < 1.29 is 4.74 Å². The number of tetrazole rings is 1. The third-order valence-electron chi connectivity index (χ3n) is 5.81. The van der Waals surface area contributed by atoms with Gasteiger partial charge in [-0.25, -0.2) is 4.98 Å². The van der Waals surface area contributed by atoms with Crippen LogP contribution < -0.4 is 0 Å². The number of imidazole rings is 1. The Hall–Kier alpha value is -2.97. The smallest absolute Gasteiger partial charge is 0.168 e. The van der Waals surface area contributed by atoms with E-state index in [2.05, 4.69) is 76.4 Å². The normalized spacial score (nSPS) is 16.0. The van der Waals surface area contributed by atoms with Crippen molar-refractivity contribution in [2.75, 3.05) is 6.61 Å². The highest BCUT2D eigenvalue weighted by Gasteiger charge is 2.21. The number of hydrogen-bond acceptors (Lipinski definition) is 6. The number of aryl methyl sites for hydroxylation is 2. The Bertz CT molecular complexity index is 1180. The van der Waals surface area contributed by atoms with E-state index in [-0.39, 0.29) is 6.10 Å². The van der Waals surface area contributed by atoms with Crippen LogP contribution in [0.2, 0.25) is 0 Å². The molecule has 1 aliphatic heterocycles. The van der Waals surface area contributed by atoms with Crippen molar-refractivity contribution in [3.63, 3.8) is 0 Å². The average Bonchev–Trinajstić information content (AvgIpc) is 3.55. The van der Waals surface area contributed by atoms with Gasteiger partial charge in [0.1, 0.15) is 0 Å². The van der Waals surface area contributed by atoms with Crippen molar-refractivity contribution in [2.45, 2.75) is 50.2 Å². The number of aromatic nitrogens is 6. The standard InChI is InChI=1S/C24H26N6OS/c1-17-8-6-9-18(2)23(17)30-22(26-27-28-30)16-32-24-25-14-21(19-10-4-3-5-11-19)29(24)15-20-12-7-13-31-20/h3-6,8-11,14,20H,7,12-13,15-16H2,1-2H3. The lowest BCUT2D eigenvalue weighted by Gasteiger charge is -2.16. The van der Waals surface area contributed by atoms with Gasteiger partial charge in [0.2, 0.25) is 0 Å². The van der Waals surface area contributed by atoms with Gasteiger partial charge in [-0.3, -0.25) is 0 Å². The number of nitrogens with zero attached hydrogens (tertiary/aromatic N) is 6. The highest BCUT2D eigenvalue weighted by molar-refractivity contribution is 7.98. The molecule has 8 heteroatoms. The maximum atomic E-state index is 5.93. The number of hydrogen-bond donors (Lipinski definition) is 0. The molecule has 0 amide bonds. The maximum Gasteiger partial charge on any atom is 0.168 e. The third-order valence-corrected chi connectivity index (χ3v) is 6.80. The zero-order valence-electron chi connectivity index (χ0n) is 18.3. The van der Waals surface area contributed by atoms with E-state index in [1.165, 1.54) is 0 Å². The summed E-state index contributed by atoms with van der Waals surface area (Å²) >= 11 is 1.66. The first kappa shape index (κ1) is 20.9. The van der Waals surface area contributed by atoms with Gasteiger partial charge in [0.25, 0.3) is 0 Å². The van der Waals surface area contributed by atoms with Crippen LogP contribution in [0.25, 0.3) is 16.9 Å². The van der Waals surface area contributed by atoms with E-state index < -0.39 is 0 Å². The van der Waals surface area contributed by atoms with Gasteiger partial charge < -0.3 is 9.30 Å². The number of benzene rings is 2. The summed E-state index contributed by atoms with van der Waals surface area (Å²) < 4.78 is 10.1. The molecule has 3 heterocycles. The Morgan fingerprint density at radius 2 is 1.88 bits per heavy atom. The number of thioether (sulfide) groups is 1. The van der Waals surface area contributed by atoms with Gasteiger partial charge in [0, 0.05) is 6.61 Å². The van der Waals surface area contributed by atoms with Crippen molar-refractivity contribution in [2.24, 2.45) is 0 Å². The topological polar surface area (TPSA) is 70.7 Å². The van der Waals surface area contributed by atoms with Crippen LogP contribution in [-0.2, 0) is 17.0 Å². The molecule has 7 nitrogen and oxygen atoms in total. The molecule has 0 bridgehead atoms. The van der Waals surface area contributed by atoms with Gasteiger partial charge in [-0.1, -0.05) is 60.3 Å². The van der Waals surface area contributed by atoms with Crippen LogP contribution >= 0.6 is 11.8 Å². The number of ether oxygens (including phenoxy) is 1. The monoisotopic (exact) mass is 446 g/mol. The van der Waals surface area contributed by atoms with E-state index >= 15 is 0 Å². The first-order chi connectivity index (χ1) is 15.7. The minimum atomic E-state index is 0.228. The molecular formula is C24H26N6OS. The Morgan fingerprint density at radius 3 is 2.62 bits per heavy atom. The predicted octanol–water partition coefficient (Wildman–Crippen LogP) is 4.61. The Balaban J connectivity index is 1.43. The lowest BCUT2D eigenvalue weighted by Crippen LogP contribution is -2.16. The van der Waals surface area contributed by atoms with E-state index in [1.807, 2.05) is 16.9 Å². The lowest BCUT2D eigenvalue weighted by molar-refractivity contribution is 0.0954. The van der Waals surface area contributed by atoms with Crippen molar-refractivity contribution in [3.8, 4) is 16.9 Å². The van der Waals surface area contributed by atoms with E-state index in [0.29, 0.717) is 5.75 Å². The average molecular weight is 447 g/mol. The quantitative estimate of drug-likeness (QED) is 0.386. The summed E-state index contributed by atoms with van der Waals surface area (Å²) in [6, 6.07) is 16.6. The van der Waals surface area contributed by atoms with Crippen LogP contribution in [0.15, 0.2) is 59.9 Å². The minimum absolute atomic E-state index is 0.228. The van der Waals surface area contributed by atoms with Crippen LogP contribution in [0.1, 0.15) is 29.8 Å². The molecule has 5 rings (SSSR count). The fourth-order valence-electron chi connectivity index (χ4n) is 4.22. The van der Waals surface area contributed by atoms with Gasteiger partial charge in [-0.2, -0.15) is 4.68 Å². The molecule has 32 heavy (non-hydrogen) atoms. The molecule has 0 N–H and O–H groups in total. The van der Waals surface area contributed by atoms with Crippen LogP contribution in [0.3, 0.4) is 0 Å². The van der Waals surface area contributed by atoms with Crippen molar-refractivity contribution in [1.82, 2.24) is 29.8 Å². The Morgan fingerprint density at radius 1 is 1.06 bits per heavy atom. The summed E-state index contributed by atoms with van der Waals surface area (Å²) in [5.41, 5.74) is 5.61. The molecule has 1 unspecified atom stereocenters. The summed E-state index contributed by atoms with van der Waals surface area (Å²) in [5.74, 6) is 1.43.